The van der Waals surface area contributed by atoms with Gasteiger partial charge in [-0.15, -0.1) is 0 Å². The van der Waals surface area contributed by atoms with Gasteiger partial charge in [-0.1, -0.05) is 81.4 Å². The van der Waals surface area contributed by atoms with Crippen molar-refractivity contribution in [3.05, 3.63) is 71.8 Å². The molecule has 0 spiro atoms. The van der Waals surface area contributed by atoms with Gasteiger partial charge in [0, 0.05) is 19.8 Å². The van der Waals surface area contributed by atoms with Gasteiger partial charge >= 0.3 is 17.9 Å². The maximum Gasteiger partial charge on any atom is 0.308 e. The monoisotopic (exact) mass is 618 g/mol. The van der Waals surface area contributed by atoms with Crippen LogP contribution in [-0.4, -0.2) is 60.1 Å². The summed E-state index contributed by atoms with van der Waals surface area (Å²) in [7, 11) is 0. The molecule has 0 bridgehead atoms. The van der Waals surface area contributed by atoms with Crippen molar-refractivity contribution in [2.75, 3.05) is 19.8 Å². The van der Waals surface area contributed by atoms with E-state index in [9.17, 15) is 14.4 Å². The zero-order valence-electron chi connectivity index (χ0n) is 27.6. The van der Waals surface area contributed by atoms with Crippen molar-refractivity contribution >= 4 is 17.9 Å². The highest BCUT2D eigenvalue weighted by Crippen LogP contribution is 2.09. The largest absolute Gasteiger partial charge is 0.481 e. The van der Waals surface area contributed by atoms with Crippen LogP contribution in [0.5, 0.6) is 0 Å². The van der Waals surface area contributed by atoms with Crippen LogP contribution in [0.15, 0.2) is 60.7 Å². The van der Waals surface area contributed by atoms with Crippen molar-refractivity contribution < 1.29 is 43.5 Å². The van der Waals surface area contributed by atoms with Crippen molar-refractivity contribution in [2.24, 2.45) is 17.8 Å². The quantitative estimate of drug-likeness (QED) is 0.152. The molecule has 0 aliphatic rings. The molecule has 2 rings (SSSR count). The molecule has 44 heavy (non-hydrogen) atoms. The third-order valence-electron chi connectivity index (χ3n) is 6.11. The summed E-state index contributed by atoms with van der Waals surface area (Å²) >= 11 is 0. The molecule has 0 unspecified atom stereocenters. The van der Waals surface area contributed by atoms with Gasteiger partial charge in [0.1, 0.15) is 0 Å². The molecule has 9 heteroatoms. The van der Waals surface area contributed by atoms with E-state index >= 15 is 0 Å². The smallest absolute Gasteiger partial charge is 0.308 e. The van der Waals surface area contributed by atoms with Crippen molar-refractivity contribution in [3.63, 3.8) is 0 Å². The first-order valence-corrected chi connectivity index (χ1v) is 15.3. The Balaban J connectivity index is 0.000000650. The predicted molar refractivity (Wildman–Crippen MR) is 171 cm³/mol. The third kappa shape index (κ3) is 22.3. The molecule has 0 heterocycles. The van der Waals surface area contributed by atoms with Gasteiger partial charge in [0.2, 0.25) is 0 Å². The average molecular weight is 619 g/mol. The summed E-state index contributed by atoms with van der Waals surface area (Å²) < 4.78 is 21.0. The van der Waals surface area contributed by atoms with Crippen molar-refractivity contribution in [3.8, 4) is 0 Å². The zero-order chi connectivity index (χ0) is 33.3. The number of esters is 2. The highest BCUT2D eigenvalue weighted by molar-refractivity contribution is 5.72. The Kier molecular flexibility index (Phi) is 23.2. The summed E-state index contributed by atoms with van der Waals surface area (Å²) in [5.74, 6) is -1.77. The van der Waals surface area contributed by atoms with Gasteiger partial charge in [0.25, 0.3) is 0 Å². The molecule has 0 radical (unpaired) electrons. The number of ether oxygens (including phenoxy) is 4. The minimum atomic E-state index is -0.765. The Morgan fingerprint density at radius 1 is 0.591 bits per heavy atom. The maximum atomic E-state index is 11.5. The molecule has 3 atom stereocenters. The molecular formula is C35H54O9. The lowest BCUT2D eigenvalue weighted by atomic mass is 10.1. The Labute approximate surface area is 263 Å². The Morgan fingerprint density at radius 3 is 1.30 bits per heavy atom. The van der Waals surface area contributed by atoms with Gasteiger partial charge in [-0.3, -0.25) is 14.4 Å². The summed E-state index contributed by atoms with van der Waals surface area (Å²) in [6.07, 6.45) is 1.61. The zero-order valence-corrected chi connectivity index (χ0v) is 27.6. The van der Waals surface area contributed by atoms with Gasteiger partial charge in [-0.05, 0) is 58.1 Å². The molecule has 0 saturated heterocycles. The van der Waals surface area contributed by atoms with E-state index in [2.05, 4.69) is 0 Å². The molecule has 0 aliphatic heterocycles. The Bertz CT molecular complexity index is 1010. The van der Waals surface area contributed by atoms with Crippen LogP contribution in [0.1, 0.15) is 78.9 Å². The second-order valence-electron chi connectivity index (χ2n) is 11.2. The van der Waals surface area contributed by atoms with Gasteiger partial charge < -0.3 is 29.2 Å². The van der Waals surface area contributed by atoms with E-state index in [1.807, 2.05) is 95.3 Å². The summed E-state index contributed by atoms with van der Waals surface area (Å²) in [6.45, 7) is 14.9. The second-order valence-corrected chi connectivity index (χ2v) is 11.2. The second kappa shape index (κ2) is 25.1. The van der Waals surface area contributed by atoms with E-state index in [0.717, 1.165) is 11.1 Å². The molecule has 0 aliphatic carbocycles. The number of carboxylic acid groups (broad SMARTS) is 1. The fraction of sp³-hybridized carbons (Fsp3) is 0.571. The van der Waals surface area contributed by atoms with Gasteiger partial charge in [0.15, 0.2) is 0 Å². The van der Waals surface area contributed by atoms with E-state index in [4.69, 9.17) is 29.2 Å². The highest BCUT2D eigenvalue weighted by Gasteiger charge is 2.16. The van der Waals surface area contributed by atoms with E-state index < -0.39 is 5.97 Å². The van der Waals surface area contributed by atoms with Crippen LogP contribution in [0.4, 0.5) is 0 Å². The predicted octanol–water partition coefficient (Wildman–Crippen LogP) is 6.45. The number of carbonyl (C=O) groups is 3. The Hall–Kier alpha value is -3.27. The van der Waals surface area contributed by atoms with E-state index in [1.165, 1.54) is 0 Å². The molecule has 2 aromatic carbocycles. The topological polar surface area (TPSA) is 129 Å². The first-order valence-electron chi connectivity index (χ1n) is 15.3. The minimum absolute atomic E-state index is 0.0361. The number of hydrogen-bond donors (Lipinski definition) is 2. The molecule has 0 amide bonds. The average Bonchev–Trinajstić information content (AvgIpc) is 2.98. The van der Waals surface area contributed by atoms with Crippen LogP contribution in [0, 0.1) is 17.8 Å². The van der Waals surface area contributed by atoms with Crippen LogP contribution in [0.25, 0.3) is 0 Å². The Morgan fingerprint density at radius 2 is 0.955 bits per heavy atom. The molecule has 2 N–H and O–H groups in total. The molecule has 2 aromatic rings. The van der Waals surface area contributed by atoms with Crippen molar-refractivity contribution in [1.29, 1.82) is 0 Å². The number of carboxylic acids is 1. The minimum Gasteiger partial charge on any atom is -0.481 e. The number of benzene rings is 2. The van der Waals surface area contributed by atoms with Crippen molar-refractivity contribution in [1.82, 2.24) is 0 Å². The lowest BCUT2D eigenvalue weighted by molar-refractivity contribution is -0.153. The normalized spacial score (nSPS) is 12.6. The maximum absolute atomic E-state index is 11.5. The van der Waals surface area contributed by atoms with E-state index in [1.54, 1.807) is 13.8 Å². The highest BCUT2D eigenvalue weighted by atomic mass is 16.5. The van der Waals surface area contributed by atoms with E-state index in [-0.39, 0.29) is 48.5 Å². The van der Waals surface area contributed by atoms with Gasteiger partial charge in [-0.2, -0.15) is 0 Å². The van der Waals surface area contributed by atoms with Crippen molar-refractivity contribution in [2.45, 2.75) is 93.2 Å². The van der Waals surface area contributed by atoms with Gasteiger partial charge in [-0.25, -0.2) is 0 Å². The molecule has 9 nitrogen and oxygen atoms in total. The number of carbonyl (C=O) groups excluding carboxylic acids is 2. The van der Waals surface area contributed by atoms with Crippen LogP contribution in [-0.2, 0) is 46.5 Å². The summed E-state index contributed by atoms with van der Waals surface area (Å²) in [4.78, 5) is 33.1. The fourth-order valence-corrected chi connectivity index (χ4v) is 3.30. The molecule has 0 fully saturated rings. The number of rotatable bonds is 17. The number of hydrogen-bond acceptors (Lipinski definition) is 8. The first-order chi connectivity index (χ1) is 20.9. The third-order valence-corrected chi connectivity index (χ3v) is 6.11. The number of aliphatic hydroxyl groups is 1. The molecule has 248 valence electrons. The SMILES string of the molecule is CC(C)OC(=O)[C@H](C)CCO.CC(C)OC(=O)[C@H](C)CCOCc1ccccc1.C[C@H](CCOCc1ccccc1)C(=O)O. The summed E-state index contributed by atoms with van der Waals surface area (Å²) in [5.41, 5.74) is 2.26. The standard InChI is InChI=1S/C15H22O3.C12H16O3.C8H16O3/c1-12(2)18-15(16)13(3)9-10-17-11-14-7-5-4-6-8-14;1-10(12(13)14)7-8-15-9-11-5-3-2-4-6-11;1-6(2)11-8(10)7(3)4-5-9/h4-8,12-13H,9-11H2,1-3H3;2-6,10H,7-9H2,1H3,(H,13,14);6-7,9H,4-5H2,1-3H3/t13-;10-;7-/m111/s1. The molecule has 0 aromatic heterocycles. The molecule has 0 saturated carbocycles. The lowest BCUT2D eigenvalue weighted by Crippen LogP contribution is -2.20. The van der Waals surface area contributed by atoms with Crippen LogP contribution in [0.2, 0.25) is 0 Å². The number of aliphatic hydroxyl groups excluding tert-OH is 1. The van der Waals surface area contributed by atoms with Crippen LogP contribution < -0.4 is 0 Å². The summed E-state index contributed by atoms with van der Waals surface area (Å²) in [6, 6.07) is 19.8. The van der Waals surface area contributed by atoms with E-state index in [0.29, 0.717) is 45.7 Å². The first kappa shape index (κ1) is 40.7. The molecular weight excluding hydrogens is 564 g/mol. The number of aliphatic carboxylic acids is 1. The van der Waals surface area contributed by atoms with Gasteiger partial charge in [0.05, 0.1) is 43.2 Å². The fourth-order valence-electron chi connectivity index (χ4n) is 3.30. The lowest BCUT2D eigenvalue weighted by Gasteiger charge is -2.13. The summed E-state index contributed by atoms with van der Waals surface area (Å²) in [5, 5.41) is 17.2. The van der Waals surface area contributed by atoms with Crippen LogP contribution >= 0.6 is 0 Å². The van der Waals surface area contributed by atoms with Crippen LogP contribution in [0.3, 0.4) is 0 Å².